The predicted octanol–water partition coefficient (Wildman–Crippen LogP) is 3.91. The lowest BCUT2D eigenvalue weighted by molar-refractivity contribution is 0.102. The van der Waals surface area contributed by atoms with Crippen molar-refractivity contribution < 1.29 is 13.2 Å². The number of hydrogen-bond acceptors (Lipinski definition) is 7. The molecule has 1 N–H and O–H groups in total. The highest BCUT2D eigenvalue weighted by Crippen LogP contribution is 2.30. The van der Waals surface area contributed by atoms with Crippen molar-refractivity contribution in [3.05, 3.63) is 28.8 Å². The number of hydrogen-bond donors (Lipinski definition) is 1. The number of benzene rings is 1. The van der Waals surface area contributed by atoms with Crippen molar-refractivity contribution in [2.45, 2.75) is 63.2 Å². The second-order valence-electron chi connectivity index (χ2n) is 8.40. The number of aryl methyl sites for hydroxylation is 1. The van der Waals surface area contributed by atoms with E-state index in [1.165, 1.54) is 28.1 Å². The van der Waals surface area contributed by atoms with Gasteiger partial charge in [0.15, 0.2) is 0 Å². The molecule has 8 nitrogen and oxygen atoms in total. The lowest BCUT2D eigenvalue weighted by Crippen LogP contribution is -2.36. The Morgan fingerprint density at radius 1 is 1.03 bits per heavy atom. The first kappa shape index (κ1) is 23.1. The smallest absolute Gasteiger partial charge is 0.259 e. The van der Waals surface area contributed by atoms with Crippen LogP contribution < -0.4 is 10.2 Å². The largest absolute Gasteiger partial charge is 0.371 e. The van der Waals surface area contributed by atoms with Crippen molar-refractivity contribution in [2.24, 2.45) is 0 Å². The van der Waals surface area contributed by atoms with Gasteiger partial charge < -0.3 is 4.90 Å². The maximum Gasteiger partial charge on any atom is 0.259 e. The Morgan fingerprint density at radius 3 is 2.41 bits per heavy atom. The van der Waals surface area contributed by atoms with E-state index in [0.717, 1.165) is 68.7 Å². The van der Waals surface area contributed by atoms with Gasteiger partial charge in [-0.15, -0.1) is 10.2 Å². The minimum atomic E-state index is -3.63. The number of anilines is 2. The van der Waals surface area contributed by atoms with E-state index in [2.05, 4.69) is 27.3 Å². The second-order valence-corrected chi connectivity index (χ2v) is 11.4. The van der Waals surface area contributed by atoms with E-state index < -0.39 is 10.0 Å². The van der Waals surface area contributed by atoms with Crippen LogP contribution in [0, 0.1) is 0 Å². The van der Waals surface area contributed by atoms with Crippen LogP contribution in [0.5, 0.6) is 0 Å². The van der Waals surface area contributed by atoms with Gasteiger partial charge in [0, 0.05) is 38.3 Å². The highest BCUT2D eigenvalue weighted by Gasteiger charge is 2.28. The minimum Gasteiger partial charge on any atom is -0.371 e. The molecule has 0 aliphatic carbocycles. The van der Waals surface area contributed by atoms with Gasteiger partial charge in [-0.05, 0) is 56.7 Å². The molecular formula is C22H31N5O3S2. The molecule has 2 aliphatic rings. The van der Waals surface area contributed by atoms with Crippen LogP contribution in [0.4, 0.5) is 10.8 Å². The van der Waals surface area contributed by atoms with Crippen LogP contribution in [0.15, 0.2) is 23.1 Å². The lowest BCUT2D eigenvalue weighted by Gasteiger charge is -2.31. The van der Waals surface area contributed by atoms with E-state index in [-0.39, 0.29) is 10.8 Å². The van der Waals surface area contributed by atoms with Gasteiger partial charge in [-0.25, -0.2) is 8.42 Å². The summed E-state index contributed by atoms with van der Waals surface area (Å²) < 4.78 is 28.0. The predicted molar refractivity (Wildman–Crippen MR) is 127 cm³/mol. The van der Waals surface area contributed by atoms with Crippen molar-refractivity contribution in [2.75, 3.05) is 36.4 Å². The fourth-order valence-electron chi connectivity index (χ4n) is 4.31. The third-order valence-corrected chi connectivity index (χ3v) is 8.81. The molecule has 0 atom stereocenters. The molecule has 1 amide bonds. The van der Waals surface area contributed by atoms with Gasteiger partial charge in [0.05, 0.1) is 10.5 Å². The molecule has 0 spiro atoms. The lowest BCUT2D eigenvalue weighted by atomic mass is 10.1. The molecule has 0 unspecified atom stereocenters. The van der Waals surface area contributed by atoms with Crippen molar-refractivity contribution in [1.29, 1.82) is 0 Å². The molecule has 2 aromatic rings. The van der Waals surface area contributed by atoms with Gasteiger partial charge >= 0.3 is 0 Å². The Labute approximate surface area is 194 Å². The number of carbonyl (C=O) groups is 1. The minimum absolute atomic E-state index is 0.175. The standard InChI is InChI=1S/C22H31N5O3S2/c1-2-9-20-24-25-22(31-20)23-21(28)18-16-17(32(29,30)27-14-7-4-8-15-27)10-11-19(18)26-12-5-3-6-13-26/h10-11,16H,2-9,12-15H2,1H3,(H,23,25,28). The number of nitrogens with one attached hydrogen (secondary N) is 1. The van der Waals surface area contributed by atoms with Gasteiger partial charge in [0.25, 0.3) is 5.91 Å². The van der Waals surface area contributed by atoms with Crippen LogP contribution in [0.25, 0.3) is 0 Å². The summed E-state index contributed by atoms with van der Waals surface area (Å²) >= 11 is 1.36. The molecule has 1 aromatic heterocycles. The molecular weight excluding hydrogens is 446 g/mol. The van der Waals surface area contributed by atoms with Crippen molar-refractivity contribution in [3.8, 4) is 0 Å². The van der Waals surface area contributed by atoms with Gasteiger partial charge in [0.1, 0.15) is 5.01 Å². The highest BCUT2D eigenvalue weighted by molar-refractivity contribution is 7.89. The first-order chi connectivity index (χ1) is 15.5. The monoisotopic (exact) mass is 477 g/mol. The van der Waals surface area contributed by atoms with Crippen molar-refractivity contribution in [3.63, 3.8) is 0 Å². The average molecular weight is 478 g/mol. The van der Waals surface area contributed by atoms with Crippen molar-refractivity contribution >= 4 is 38.1 Å². The second kappa shape index (κ2) is 10.3. The van der Waals surface area contributed by atoms with Gasteiger partial charge in [0.2, 0.25) is 15.2 Å². The summed E-state index contributed by atoms with van der Waals surface area (Å²) in [4.78, 5) is 15.6. The van der Waals surface area contributed by atoms with E-state index >= 15 is 0 Å². The molecule has 174 valence electrons. The molecule has 2 saturated heterocycles. The van der Waals surface area contributed by atoms with E-state index in [1.807, 2.05) is 0 Å². The van der Waals surface area contributed by atoms with Gasteiger partial charge in [-0.3, -0.25) is 10.1 Å². The maximum atomic E-state index is 13.3. The Hall–Kier alpha value is -2.04. The van der Waals surface area contributed by atoms with Crippen LogP contribution >= 0.6 is 11.3 Å². The average Bonchev–Trinajstić information content (AvgIpc) is 3.26. The zero-order valence-corrected chi connectivity index (χ0v) is 20.2. The van der Waals surface area contributed by atoms with E-state index in [0.29, 0.717) is 23.8 Å². The summed E-state index contributed by atoms with van der Waals surface area (Å²) in [6.45, 7) is 4.85. The maximum absolute atomic E-state index is 13.3. The highest BCUT2D eigenvalue weighted by atomic mass is 32.2. The number of amides is 1. The van der Waals surface area contributed by atoms with Gasteiger partial charge in [-0.1, -0.05) is 24.7 Å². The first-order valence-corrected chi connectivity index (χ1v) is 13.8. The fourth-order valence-corrected chi connectivity index (χ4v) is 6.69. The third kappa shape index (κ3) is 5.13. The van der Waals surface area contributed by atoms with Crippen LogP contribution in [0.3, 0.4) is 0 Å². The molecule has 10 heteroatoms. The van der Waals surface area contributed by atoms with E-state index in [4.69, 9.17) is 0 Å². The van der Waals surface area contributed by atoms with Crippen LogP contribution in [0.1, 0.15) is 67.2 Å². The number of aromatic nitrogens is 2. The molecule has 0 bridgehead atoms. The summed E-state index contributed by atoms with van der Waals surface area (Å²) in [6.07, 6.45) is 7.86. The quantitative estimate of drug-likeness (QED) is 0.650. The Balaban J connectivity index is 1.66. The molecule has 0 radical (unpaired) electrons. The first-order valence-electron chi connectivity index (χ1n) is 11.5. The number of nitrogens with zero attached hydrogens (tertiary/aromatic N) is 4. The number of carbonyl (C=O) groups excluding carboxylic acids is 1. The van der Waals surface area contributed by atoms with Crippen molar-refractivity contribution in [1.82, 2.24) is 14.5 Å². The Bertz CT molecular complexity index is 1040. The summed E-state index contributed by atoms with van der Waals surface area (Å²) in [7, 11) is -3.63. The number of sulfonamides is 1. The number of rotatable bonds is 7. The molecule has 2 fully saturated rings. The molecule has 1 aromatic carbocycles. The van der Waals surface area contributed by atoms with E-state index in [9.17, 15) is 13.2 Å². The molecule has 4 rings (SSSR count). The molecule has 2 aliphatic heterocycles. The fraction of sp³-hybridized carbons (Fsp3) is 0.591. The van der Waals surface area contributed by atoms with Gasteiger partial charge in [-0.2, -0.15) is 4.31 Å². The summed E-state index contributed by atoms with van der Waals surface area (Å²) in [6, 6.07) is 4.98. The molecule has 3 heterocycles. The zero-order chi connectivity index (χ0) is 22.6. The third-order valence-electron chi connectivity index (χ3n) is 6.01. The van der Waals surface area contributed by atoms with Crippen LogP contribution in [0.2, 0.25) is 0 Å². The van der Waals surface area contributed by atoms with Crippen LogP contribution in [-0.2, 0) is 16.4 Å². The van der Waals surface area contributed by atoms with E-state index in [1.54, 1.807) is 12.1 Å². The zero-order valence-electron chi connectivity index (χ0n) is 18.5. The SMILES string of the molecule is CCCc1nnc(NC(=O)c2cc(S(=O)(=O)N3CCCCC3)ccc2N2CCCCC2)s1. The summed E-state index contributed by atoms with van der Waals surface area (Å²) in [5.41, 5.74) is 1.15. The number of piperidine rings is 2. The molecule has 32 heavy (non-hydrogen) atoms. The Morgan fingerprint density at radius 2 is 1.72 bits per heavy atom. The van der Waals surface area contributed by atoms with Crippen LogP contribution in [-0.4, -0.2) is 55.0 Å². The molecule has 0 saturated carbocycles. The topological polar surface area (TPSA) is 95.5 Å². The summed E-state index contributed by atoms with van der Waals surface area (Å²) in [5.74, 6) is -0.347. The summed E-state index contributed by atoms with van der Waals surface area (Å²) in [5, 5.41) is 12.4. The normalized spacial score (nSPS) is 18.0. The Kier molecular flexibility index (Phi) is 7.42.